The van der Waals surface area contributed by atoms with Gasteiger partial charge in [0.25, 0.3) is 0 Å². The second-order valence-electron chi connectivity index (χ2n) is 5.34. The van der Waals surface area contributed by atoms with Crippen LogP contribution in [0, 0.1) is 0 Å². The Balaban J connectivity index is 1.66. The number of rotatable bonds is 4. The monoisotopic (exact) mass is 341 g/mol. The topological polar surface area (TPSA) is 51.4 Å². The van der Waals surface area contributed by atoms with Crippen LogP contribution in [0.3, 0.4) is 0 Å². The Hall–Kier alpha value is -1.14. The van der Waals surface area contributed by atoms with Crippen molar-refractivity contribution in [1.82, 2.24) is 15.1 Å². The van der Waals surface area contributed by atoms with E-state index in [4.69, 9.17) is 32.4 Å². The van der Waals surface area contributed by atoms with Crippen molar-refractivity contribution in [3.8, 4) is 11.5 Å². The lowest BCUT2D eigenvalue weighted by Gasteiger charge is -2.29. The summed E-state index contributed by atoms with van der Waals surface area (Å²) in [6, 6.07) is 5.20. The van der Waals surface area contributed by atoms with Crippen molar-refractivity contribution in [2.45, 2.75) is 25.5 Å². The van der Waals surface area contributed by atoms with Crippen LogP contribution < -0.4 is 0 Å². The van der Waals surface area contributed by atoms with Gasteiger partial charge in [0, 0.05) is 25.2 Å². The first-order chi connectivity index (χ1) is 10.7. The lowest BCUT2D eigenvalue weighted by Crippen LogP contribution is -2.36. The van der Waals surface area contributed by atoms with E-state index in [2.05, 4.69) is 15.1 Å². The minimum atomic E-state index is 0.363. The Kier molecular flexibility index (Phi) is 4.98. The van der Waals surface area contributed by atoms with Gasteiger partial charge in [0.05, 0.1) is 23.2 Å². The maximum atomic E-state index is 6.16. The third kappa shape index (κ3) is 3.60. The Morgan fingerprint density at radius 1 is 1.27 bits per heavy atom. The molecule has 0 unspecified atom stereocenters. The number of aromatic nitrogens is 2. The molecule has 22 heavy (non-hydrogen) atoms. The minimum absolute atomic E-state index is 0.363. The van der Waals surface area contributed by atoms with Crippen LogP contribution in [-0.4, -0.2) is 41.4 Å². The summed E-state index contributed by atoms with van der Waals surface area (Å²) in [5.41, 5.74) is 0.697. The molecule has 1 fully saturated rings. The molecule has 0 N–H and O–H groups in total. The number of piperidine rings is 1. The summed E-state index contributed by atoms with van der Waals surface area (Å²) < 4.78 is 11.1. The molecule has 1 aliphatic rings. The molecule has 5 nitrogen and oxygen atoms in total. The fourth-order valence-electron chi connectivity index (χ4n) is 2.58. The van der Waals surface area contributed by atoms with Gasteiger partial charge >= 0.3 is 0 Å². The molecule has 0 saturated carbocycles. The summed E-state index contributed by atoms with van der Waals surface area (Å²) in [5, 5.41) is 9.27. The van der Waals surface area contributed by atoms with Gasteiger partial charge in [-0.2, -0.15) is 0 Å². The van der Waals surface area contributed by atoms with Crippen molar-refractivity contribution in [3.63, 3.8) is 0 Å². The summed E-state index contributed by atoms with van der Waals surface area (Å²) in [7, 11) is 1.76. The first-order valence-electron chi connectivity index (χ1n) is 7.18. The van der Waals surface area contributed by atoms with Gasteiger partial charge in [0.1, 0.15) is 0 Å². The maximum absolute atomic E-state index is 6.16. The van der Waals surface area contributed by atoms with Crippen molar-refractivity contribution in [1.29, 1.82) is 0 Å². The van der Waals surface area contributed by atoms with Crippen LogP contribution in [0.15, 0.2) is 22.6 Å². The number of ether oxygens (including phenoxy) is 1. The number of nitrogens with zero attached hydrogens (tertiary/aromatic N) is 3. The van der Waals surface area contributed by atoms with E-state index in [9.17, 15) is 0 Å². The Morgan fingerprint density at radius 2 is 2.05 bits per heavy atom. The summed E-state index contributed by atoms with van der Waals surface area (Å²) in [6.45, 7) is 2.59. The van der Waals surface area contributed by atoms with Crippen LogP contribution in [0.5, 0.6) is 0 Å². The van der Waals surface area contributed by atoms with Crippen molar-refractivity contribution in [2.75, 3.05) is 20.2 Å². The first kappa shape index (κ1) is 15.7. The average molecular weight is 342 g/mol. The van der Waals surface area contributed by atoms with Crippen LogP contribution in [-0.2, 0) is 11.3 Å². The van der Waals surface area contributed by atoms with Crippen LogP contribution in [0.2, 0.25) is 10.0 Å². The van der Waals surface area contributed by atoms with Crippen molar-refractivity contribution < 1.29 is 9.15 Å². The van der Waals surface area contributed by atoms with Gasteiger partial charge in [-0.3, -0.25) is 4.90 Å². The number of hydrogen-bond donors (Lipinski definition) is 0. The van der Waals surface area contributed by atoms with E-state index in [1.165, 1.54) is 0 Å². The van der Waals surface area contributed by atoms with Crippen molar-refractivity contribution in [3.05, 3.63) is 34.1 Å². The van der Waals surface area contributed by atoms with Crippen LogP contribution in [0.1, 0.15) is 18.7 Å². The highest BCUT2D eigenvalue weighted by molar-refractivity contribution is 6.36. The van der Waals surface area contributed by atoms with Gasteiger partial charge in [0.2, 0.25) is 11.8 Å². The van der Waals surface area contributed by atoms with Crippen LogP contribution in [0.4, 0.5) is 0 Å². The van der Waals surface area contributed by atoms with Gasteiger partial charge < -0.3 is 9.15 Å². The molecular weight excluding hydrogens is 325 g/mol. The van der Waals surface area contributed by atoms with E-state index in [1.807, 2.05) is 0 Å². The van der Waals surface area contributed by atoms with Gasteiger partial charge in [-0.1, -0.05) is 23.2 Å². The molecule has 118 valence electrons. The zero-order valence-electron chi connectivity index (χ0n) is 12.3. The Morgan fingerprint density at radius 3 is 2.73 bits per heavy atom. The Bertz CT molecular complexity index is 639. The molecule has 1 aromatic heterocycles. The number of likely N-dealkylation sites (tertiary alicyclic amines) is 1. The van der Waals surface area contributed by atoms with E-state index in [-0.39, 0.29) is 0 Å². The third-order valence-electron chi connectivity index (χ3n) is 3.86. The third-order valence-corrected chi connectivity index (χ3v) is 4.40. The molecule has 0 amide bonds. The van der Waals surface area contributed by atoms with Gasteiger partial charge in [-0.25, -0.2) is 0 Å². The lowest BCUT2D eigenvalue weighted by atomic mass is 10.1. The average Bonchev–Trinajstić information content (AvgIpc) is 2.96. The van der Waals surface area contributed by atoms with Crippen molar-refractivity contribution in [2.24, 2.45) is 0 Å². The molecule has 1 aromatic carbocycles. The zero-order chi connectivity index (χ0) is 15.5. The predicted molar refractivity (Wildman–Crippen MR) is 85.1 cm³/mol. The summed E-state index contributed by atoms with van der Waals surface area (Å²) in [4.78, 5) is 2.29. The molecule has 1 aliphatic heterocycles. The number of benzene rings is 1. The van der Waals surface area contributed by atoms with Gasteiger partial charge in [-0.15, -0.1) is 10.2 Å². The van der Waals surface area contributed by atoms with E-state index < -0.39 is 0 Å². The number of halogens is 2. The highest BCUT2D eigenvalue weighted by Crippen LogP contribution is 2.29. The fraction of sp³-hybridized carbons (Fsp3) is 0.467. The summed E-state index contributed by atoms with van der Waals surface area (Å²) >= 11 is 12.1. The number of methoxy groups -OCH3 is 1. The SMILES string of the molecule is COC1CCN(Cc2nnc(-c3ccc(Cl)cc3Cl)o2)CC1. The maximum Gasteiger partial charge on any atom is 0.249 e. The molecule has 0 atom stereocenters. The highest BCUT2D eigenvalue weighted by atomic mass is 35.5. The van der Waals surface area contributed by atoms with Gasteiger partial charge in [-0.05, 0) is 31.0 Å². The summed E-state index contributed by atoms with van der Waals surface area (Å²) in [6.07, 6.45) is 2.42. The zero-order valence-corrected chi connectivity index (χ0v) is 13.8. The molecule has 2 heterocycles. The smallest absolute Gasteiger partial charge is 0.249 e. The quantitative estimate of drug-likeness (QED) is 0.849. The molecule has 0 spiro atoms. The van der Waals surface area contributed by atoms with Crippen molar-refractivity contribution >= 4 is 23.2 Å². The van der Waals surface area contributed by atoms with E-state index in [0.29, 0.717) is 40.0 Å². The second kappa shape index (κ2) is 6.96. The lowest BCUT2D eigenvalue weighted by molar-refractivity contribution is 0.0365. The van der Waals surface area contributed by atoms with Gasteiger partial charge in [0.15, 0.2) is 0 Å². The molecule has 2 aromatic rings. The molecule has 0 aliphatic carbocycles. The Labute approximate surface area is 139 Å². The van der Waals surface area contributed by atoms with Crippen LogP contribution in [0.25, 0.3) is 11.5 Å². The molecule has 7 heteroatoms. The fourth-order valence-corrected chi connectivity index (χ4v) is 3.07. The molecule has 1 saturated heterocycles. The number of hydrogen-bond acceptors (Lipinski definition) is 5. The minimum Gasteiger partial charge on any atom is -0.419 e. The van der Waals surface area contributed by atoms with E-state index in [1.54, 1.807) is 25.3 Å². The molecule has 0 radical (unpaired) electrons. The molecule has 0 bridgehead atoms. The predicted octanol–water partition coefficient (Wildman–Crippen LogP) is 3.65. The van der Waals surface area contributed by atoms with E-state index >= 15 is 0 Å². The van der Waals surface area contributed by atoms with Crippen LogP contribution >= 0.6 is 23.2 Å². The van der Waals surface area contributed by atoms with E-state index in [0.717, 1.165) is 25.9 Å². The standard InChI is InChI=1S/C15H17Cl2N3O2/c1-21-11-4-6-20(7-5-11)9-14-18-19-15(22-14)12-3-2-10(16)8-13(12)17/h2-3,8,11H,4-7,9H2,1H3. The first-order valence-corrected chi connectivity index (χ1v) is 7.94. The summed E-state index contributed by atoms with van der Waals surface area (Å²) in [5.74, 6) is 1.01. The molecule has 3 rings (SSSR count). The normalized spacial score (nSPS) is 17.0. The second-order valence-corrected chi connectivity index (χ2v) is 6.18. The largest absolute Gasteiger partial charge is 0.419 e. The molecular formula is C15H17Cl2N3O2. The highest BCUT2D eigenvalue weighted by Gasteiger charge is 2.21.